The van der Waals surface area contributed by atoms with E-state index in [2.05, 4.69) is 16.7 Å². The van der Waals surface area contributed by atoms with Gasteiger partial charge in [0.15, 0.2) is 0 Å². The molecule has 4 nitrogen and oxygen atoms in total. The summed E-state index contributed by atoms with van der Waals surface area (Å²) >= 11 is 0. The topological polar surface area (TPSA) is 43.8 Å². The van der Waals surface area contributed by atoms with Crippen molar-refractivity contribution in [2.24, 2.45) is 0 Å². The van der Waals surface area contributed by atoms with Gasteiger partial charge in [-0.1, -0.05) is 24.0 Å². The molecule has 1 unspecified atom stereocenters. The Kier molecular flexibility index (Phi) is 5.38. The first kappa shape index (κ1) is 15.6. The van der Waals surface area contributed by atoms with Crippen LogP contribution in [0.2, 0.25) is 0 Å². The lowest BCUT2D eigenvalue weighted by atomic mass is 10.1. The molecule has 1 aliphatic rings. The summed E-state index contributed by atoms with van der Waals surface area (Å²) in [6, 6.07) is 7.63. The van der Waals surface area contributed by atoms with E-state index in [0.29, 0.717) is 11.1 Å². The van der Waals surface area contributed by atoms with E-state index >= 15 is 0 Å². The Morgan fingerprint density at radius 2 is 2.19 bits per heavy atom. The SMILES string of the molecule is CN(C)CC1CCCN1C(=O)c1ccccc1C#CCO. The minimum absolute atomic E-state index is 0.0437. The van der Waals surface area contributed by atoms with Crippen LogP contribution in [0.5, 0.6) is 0 Å². The van der Waals surface area contributed by atoms with Crippen LogP contribution in [0, 0.1) is 11.8 Å². The molecule has 1 N–H and O–H groups in total. The van der Waals surface area contributed by atoms with E-state index in [-0.39, 0.29) is 18.6 Å². The summed E-state index contributed by atoms with van der Waals surface area (Å²) in [5, 5.41) is 8.84. The van der Waals surface area contributed by atoms with E-state index in [4.69, 9.17) is 5.11 Å². The maximum absolute atomic E-state index is 12.8. The number of rotatable bonds is 3. The van der Waals surface area contributed by atoms with E-state index in [1.54, 1.807) is 0 Å². The number of carbonyl (C=O) groups excluding carboxylic acids is 1. The lowest BCUT2D eigenvalue weighted by Crippen LogP contribution is -2.41. The van der Waals surface area contributed by atoms with Crippen molar-refractivity contribution in [1.29, 1.82) is 0 Å². The first-order valence-corrected chi connectivity index (χ1v) is 7.28. The first-order chi connectivity index (χ1) is 10.1. The minimum atomic E-state index is -0.199. The third-order valence-electron chi connectivity index (χ3n) is 3.67. The highest BCUT2D eigenvalue weighted by Gasteiger charge is 2.30. The Bertz CT molecular complexity index is 557. The first-order valence-electron chi connectivity index (χ1n) is 7.28. The lowest BCUT2D eigenvalue weighted by Gasteiger charge is -2.27. The second kappa shape index (κ2) is 7.26. The molecular formula is C17H22N2O2. The highest BCUT2D eigenvalue weighted by molar-refractivity contribution is 5.97. The van der Waals surface area contributed by atoms with Gasteiger partial charge in [0.05, 0.1) is 5.56 Å². The van der Waals surface area contributed by atoms with E-state index in [0.717, 1.165) is 25.9 Å². The van der Waals surface area contributed by atoms with Crippen molar-refractivity contribution in [1.82, 2.24) is 9.80 Å². The Hall–Kier alpha value is -1.83. The molecule has 0 saturated carbocycles. The maximum Gasteiger partial charge on any atom is 0.255 e. The molecule has 4 heteroatoms. The molecule has 0 aromatic heterocycles. The van der Waals surface area contributed by atoms with Crippen LogP contribution in [0.3, 0.4) is 0 Å². The summed E-state index contributed by atoms with van der Waals surface area (Å²) in [5.74, 6) is 5.53. The zero-order chi connectivity index (χ0) is 15.2. The van der Waals surface area contributed by atoms with Crippen LogP contribution in [0.25, 0.3) is 0 Å². The molecule has 1 amide bonds. The van der Waals surface area contributed by atoms with Crippen molar-refractivity contribution in [2.75, 3.05) is 33.8 Å². The van der Waals surface area contributed by atoms with E-state index < -0.39 is 0 Å². The molecular weight excluding hydrogens is 264 g/mol. The molecule has 0 spiro atoms. The fourth-order valence-electron chi connectivity index (χ4n) is 2.78. The van der Waals surface area contributed by atoms with Crippen LogP contribution < -0.4 is 0 Å². The molecule has 0 radical (unpaired) electrons. The van der Waals surface area contributed by atoms with Crippen LogP contribution >= 0.6 is 0 Å². The van der Waals surface area contributed by atoms with Crippen molar-refractivity contribution in [2.45, 2.75) is 18.9 Å². The van der Waals surface area contributed by atoms with Gasteiger partial charge in [0.25, 0.3) is 5.91 Å². The number of carbonyl (C=O) groups is 1. The number of benzene rings is 1. The molecule has 1 aromatic rings. The van der Waals surface area contributed by atoms with Crippen molar-refractivity contribution in [3.8, 4) is 11.8 Å². The number of likely N-dealkylation sites (N-methyl/N-ethyl adjacent to an activating group) is 1. The summed E-state index contributed by atoms with van der Waals surface area (Å²) in [6.07, 6.45) is 2.10. The number of likely N-dealkylation sites (tertiary alicyclic amines) is 1. The van der Waals surface area contributed by atoms with Crippen LogP contribution in [0.4, 0.5) is 0 Å². The van der Waals surface area contributed by atoms with E-state index in [1.165, 1.54) is 0 Å². The number of nitrogens with zero attached hydrogens (tertiary/aromatic N) is 2. The Morgan fingerprint density at radius 3 is 2.90 bits per heavy atom. The van der Waals surface area contributed by atoms with Crippen LogP contribution in [0.15, 0.2) is 24.3 Å². The standard InChI is InChI=1S/C17H22N2O2/c1-18(2)13-15-9-5-11-19(15)17(21)16-10-4-3-7-14(16)8-6-12-20/h3-4,7,10,15,20H,5,9,11-13H2,1-2H3. The number of aliphatic hydroxyl groups excluding tert-OH is 1. The molecule has 1 aromatic carbocycles. The van der Waals surface area contributed by atoms with Crippen molar-refractivity contribution in [3.63, 3.8) is 0 Å². The van der Waals surface area contributed by atoms with Gasteiger partial charge in [-0.05, 0) is 39.1 Å². The number of amides is 1. The van der Waals surface area contributed by atoms with Crippen molar-refractivity contribution in [3.05, 3.63) is 35.4 Å². The van der Waals surface area contributed by atoms with Gasteiger partial charge < -0.3 is 14.9 Å². The molecule has 1 saturated heterocycles. The Morgan fingerprint density at radius 1 is 1.43 bits per heavy atom. The number of hydrogen-bond donors (Lipinski definition) is 1. The van der Waals surface area contributed by atoms with Crippen molar-refractivity contribution >= 4 is 5.91 Å². The average molecular weight is 286 g/mol. The fourth-order valence-corrected chi connectivity index (χ4v) is 2.78. The summed E-state index contributed by atoms with van der Waals surface area (Å²) in [6.45, 7) is 1.49. The van der Waals surface area contributed by atoms with E-state index in [9.17, 15) is 4.79 Å². The summed E-state index contributed by atoms with van der Waals surface area (Å²) in [4.78, 5) is 16.9. The van der Waals surface area contributed by atoms with Gasteiger partial charge in [0.1, 0.15) is 6.61 Å². The zero-order valence-electron chi connectivity index (χ0n) is 12.7. The number of hydrogen-bond acceptors (Lipinski definition) is 3. The van der Waals surface area contributed by atoms with Gasteiger partial charge in [0.2, 0.25) is 0 Å². The molecule has 1 aliphatic heterocycles. The van der Waals surface area contributed by atoms with Gasteiger partial charge in [0, 0.05) is 24.7 Å². The molecule has 1 heterocycles. The molecule has 0 bridgehead atoms. The highest BCUT2D eigenvalue weighted by Crippen LogP contribution is 2.22. The van der Waals surface area contributed by atoms with Gasteiger partial charge in [-0.2, -0.15) is 0 Å². The molecule has 2 rings (SSSR count). The monoisotopic (exact) mass is 286 g/mol. The third-order valence-corrected chi connectivity index (χ3v) is 3.67. The maximum atomic E-state index is 12.8. The molecule has 0 aliphatic carbocycles. The van der Waals surface area contributed by atoms with Gasteiger partial charge in [-0.15, -0.1) is 0 Å². The van der Waals surface area contributed by atoms with Gasteiger partial charge in [-0.3, -0.25) is 4.79 Å². The van der Waals surface area contributed by atoms with Crippen LogP contribution in [0.1, 0.15) is 28.8 Å². The molecule has 1 fully saturated rings. The molecule has 112 valence electrons. The number of aliphatic hydroxyl groups is 1. The van der Waals surface area contributed by atoms with Crippen LogP contribution in [-0.4, -0.2) is 60.6 Å². The van der Waals surface area contributed by atoms with Crippen LogP contribution in [-0.2, 0) is 0 Å². The Labute approximate surface area is 126 Å². The average Bonchev–Trinajstić information content (AvgIpc) is 2.92. The zero-order valence-corrected chi connectivity index (χ0v) is 12.7. The lowest BCUT2D eigenvalue weighted by molar-refractivity contribution is 0.0716. The second-order valence-electron chi connectivity index (χ2n) is 5.56. The second-order valence-corrected chi connectivity index (χ2v) is 5.56. The highest BCUT2D eigenvalue weighted by atomic mass is 16.2. The Balaban J connectivity index is 2.23. The summed E-state index contributed by atoms with van der Waals surface area (Å²) in [7, 11) is 4.06. The predicted molar refractivity (Wildman–Crippen MR) is 83.0 cm³/mol. The smallest absolute Gasteiger partial charge is 0.255 e. The predicted octanol–water partition coefficient (Wildman–Crippen LogP) is 1.20. The normalized spacial score (nSPS) is 17.7. The molecule has 1 atom stereocenters. The summed E-state index contributed by atoms with van der Waals surface area (Å²) in [5.41, 5.74) is 1.32. The van der Waals surface area contributed by atoms with Gasteiger partial charge >= 0.3 is 0 Å². The quantitative estimate of drug-likeness (QED) is 0.849. The summed E-state index contributed by atoms with van der Waals surface area (Å²) < 4.78 is 0. The van der Waals surface area contributed by atoms with Gasteiger partial charge in [-0.25, -0.2) is 0 Å². The fraction of sp³-hybridized carbons (Fsp3) is 0.471. The van der Waals surface area contributed by atoms with Crippen molar-refractivity contribution < 1.29 is 9.90 Å². The molecule has 21 heavy (non-hydrogen) atoms. The minimum Gasteiger partial charge on any atom is -0.384 e. The third kappa shape index (κ3) is 3.84. The largest absolute Gasteiger partial charge is 0.384 e. The van der Waals surface area contributed by atoms with E-state index in [1.807, 2.05) is 43.3 Å².